The van der Waals surface area contributed by atoms with Crippen LogP contribution in [0.25, 0.3) is 0 Å². The summed E-state index contributed by atoms with van der Waals surface area (Å²) >= 11 is 3.37. The van der Waals surface area contributed by atoms with Gasteiger partial charge < -0.3 is 14.7 Å². The van der Waals surface area contributed by atoms with Gasteiger partial charge in [0.25, 0.3) is 0 Å². The molecule has 3 rings (SSSR count). The Morgan fingerprint density at radius 3 is 2.72 bits per heavy atom. The van der Waals surface area contributed by atoms with Gasteiger partial charge in [-0.1, -0.05) is 15.9 Å². The van der Waals surface area contributed by atoms with Crippen LogP contribution in [0.2, 0.25) is 0 Å². The first-order chi connectivity index (χ1) is 12.0. The fourth-order valence-electron chi connectivity index (χ4n) is 3.10. The molecule has 0 fully saturated rings. The summed E-state index contributed by atoms with van der Waals surface area (Å²) in [6.45, 7) is 2.88. The van der Waals surface area contributed by atoms with Crippen molar-refractivity contribution in [2.75, 3.05) is 13.7 Å². The highest BCUT2D eigenvalue weighted by molar-refractivity contribution is 9.10. The van der Waals surface area contributed by atoms with Crippen molar-refractivity contribution in [2.45, 2.75) is 19.4 Å². The van der Waals surface area contributed by atoms with Crippen molar-refractivity contribution in [1.82, 2.24) is 4.90 Å². The number of methoxy groups -OCH3 is 1. The average molecular weight is 402 g/mol. The zero-order valence-electron chi connectivity index (χ0n) is 14.2. The average Bonchev–Trinajstić information content (AvgIpc) is 2.61. The number of benzene rings is 2. The molecule has 0 saturated carbocycles. The molecule has 1 N–H and O–H groups in total. The molecule has 5 heteroatoms. The zero-order valence-corrected chi connectivity index (χ0v) is 15.8. The van der Waals surface area contributed by atoms with E-state index in [2.05, 4.69) is 27.8 Å². The number of ether oxygens (including phenoxy) is 1. The van der Waals surface area contributed by atoms with Crippen molar-refractivity contribution in [2.24, 2.45) is 0 Å². The summed E-state index contributed by atoms with van der Waals surface area (Å²) < 4.78 is 6.17. The maximum Gasteiger partial charge on any atom is 0.187 e. The van der Waals surface area contributed by atoms with Crippen LogP contribution in [0.1, 0.15) is 34.5 Å². The highest BCUT2D eigenvalue weighted by Gasteiger charge is 2.23. The molecule has 1 atom stereocenters. The summed E-state index contributed by atoms with van der Waals surface area (Å²) in [6, 6.07) is 11.1. The Kier molecular flexibility index (Phi) is 5.13. The lowest BCUT2D eigenvalue weighted by atomic mass is 9.93. The Hall–Kier alpha value is -2.27. The summed E-state index contributed by atoms with van der Waals surface area (Å²) in [7, 11) is 1.55. The van der Waals surface area contributed by atoms with E-state index >= 15 is 0 Å². The van der Waals surface area contributed by atoms with Crippen LogP contribution in [0.15, 0.2) is 53.1 Å². The number of carbonyl (C=O) groups is 1. The van der Waals surface area contributed by atoms with Crippen LogP contribution in [-0.4, -0.2) is 29.4 Å². The second-order valence-electron chi connectivity index (χ2n) is 6.07. The number of nitrogens with zero attached hydrogens (tertiary/aromatic N) is 1. The summed E-state index contributed by atoms with van der Waals surface area (Å²) in [5.74, 6) is 0.624. The molecule has 0 bridgehead atoms. The fraction of sp³-hybridized carbons (Fsp3) is 0.250. The molecular formula is C20H20BrNO3. The summed E-state index contributed by atoms with van der Waals surface area (Å²) in [6.07, 6.45) is 4.29. The number of rotatable bonds is 4. The topological polar surface area (TPSA) is 49.8 Å². The standard InChI is InChI=1S/C20H20BrNO3/c1-13-17-12-20(25-2)19(24)11-15(17)7-9-22(13)10-8-18(23)14-3-5-16(21)6-4-14/h3-6,8,10-13,24H,7,9H2,1-2H3/t13-/m1/s1. The maximum absolute atomic E-state index is 12.3. The van der Waals surface area contributed by atoms with Gasteiger partial charge in [0, 0.05) is 28.9 Å². The molecule has 2 aromatic rings. The number of carbonyl (C=O) groups excluding carboxylic acids is 1. The lowest BCUT2D eigenvalue weighted by Gasteiger charge is -2.34. The van der Waals surface area contributed by atoms with Crippen LogP contribution in [0, 0.1) is 0 Å². The number of allylic oxidation sites excluding steroid dienone is 1. The molecule has 0 radical (unpaired) electrons. The van der Waals surface area contributed by atoms with Crippen molar-refractivity contribution < 1.29 is 14.6 Å². The minimum absolute atomic E-state index is 0.0196. The van der Waals surface area contributed by atoms with Crippen molar-refractivity contribution >= 4 is 21.7 Å². The normalized spacial score (nSPS) is 16.8. The van der Waals surface area contributed by atoms with E-state index < -0.39 is 0 Å². The number of fused-ring (bicyclic) bond motifs is 1. The smallest absolute Gasteiger partial charge is 0.187 e. The largest absolute Gasteiger partial charge is 0.504 e. The number of aromatic hydroxyl groups is 1. The van der Waals surface area contributed by atoms with Gasteiger partial charge >= 0.3 is 0 Å². The Morgan fingerprint density at radius 2 is 2.04 bits per heavy atom. The SMILES string of the molecule is COc1cc2c(cc1O)CCN(C=CC(=O)c1ccc(Br)cc1)[C@@H]2C. The predicted octanol–water partition coefficient (Wildman–Crippen LogP) is 4.48. The molecule has 0 unspecified atom stereocenters. The van der Waals surface area contributed by atoms with Crippen LogP contribution in [0.5, 0.6) is 11.5 Å². The lowest BCUT2D eigenvalue weighted by molar-refractivity contribution is 0.104. The van der Waals surface area contributed by atoms with E-state index in [0.29, 0.717) is 11.3 Å². The van der Waals surface area contributed by atoms with Crippen LogP contribution in [0.4, 0.5) is 0 Å². The van der Waals surface area contributed by atoms with E-state index in [-0.39, 0.29) is 17.6 Å². The van der Waals surface area contributed by atoms with Gasteiger partial charge in [-0.15, -0.1) is 0 Å². The second-order valence-corrected chi connectivity index (χ2v) is 6.99. The zero-order chi connectivity index (χ0) is 18.0. The fourth-order valence-corrected chi connectivity index (χ4v) is 3.36. The number of halogens is 1. The summed E-state index contributed by atoms with van der Waals surface area (Å²) in [5, 5.41) is 9.94. The van der Waals surface area contributed by atoms with Crippen LogP contribution >= 0.6 is 15.9 Å². The monoisotopic (exact) mass is 401 g/mol. The van der Waals surface area contributed by atoms with E-state index in [9.17, 15) is 9.90 Å². The number of ketones is 1. The van der Waals surface area contributed by atoms with Crippen molar-refractivity contribution in [3.63, 3.8) is 0 Å². The molecule has 0 aromatic heterocycles. The Balaban J connectivity index is 1.78. The molecule has 1 aliphatic rings. The molecule has 0 spiro atoms. The van der Waals surface area contributed by atoms with Gasteiger partial charge in [0.05, 0.1) is 13.2 Å². The molecule has 0 saturated heterocycles. The van der Waals surface area contributed by atoms with E-state index in [4.69, 9.17) is 4.74 Å². The molecular weight excluding hydrogens is 382 g/mol. The quantitative estimate of drug-likeness (QED) is 0.605. The Labute approximate surface area is 155 Å². The predicted molar refractivity (Wildman–Crippen MR) is 101 cm³/mol. The van der Waals surface area contributed by atoms with Crippen molar-refractivity contribution in [3.8, 4) is 11.5 Å². The van der Waals surface area contributed by atoms with Crippen molar-refractivity contribution in [1.29, 1.82) is 0 Å². The first kappa shape index (κ1) is 17.5. The third-order valence-corrected chi connectivity index (χ3v) is 5.10. The number of phenols is 1. The Morgan fingerprint density at radius 1 is 1.32 bits per heavy atom. The molecule has 25 heavy (non-hydrogen) atoms. The highest BCUT2D eigenvalue weighted by atomic mass is 79.9. The number of hydrogen-bond acceptors (Lipinski definition) is 4. The van der Waals surface area contributed by atoms with Crippen LogP contribution in [0.3, 0.4) is 0 Å². The second kappa shape index (κ2) is 7.31. The van der Waals surface area contributed by atoms with Gasteiger partial charge in [-0.3, -0.25) is 4.79 Å². The van der Waals surface area contributed by atoms with Gasteiger partial charge in [0.2, 0.25) is 0 Å². The van der Waals surface area contributed by atoms with Crippen LogP contribution < -0.4 is 4.74 Å². The minimum Gasteiger partial charge on any atom is -0.504 e. The highest BCUT2D eigenvalue weighted by Crippen LogP contribution is 2.37. The molecule has 4 nitrogen and oxygen atoms in total. The van der Waals surface area contributed by atoms with Gasteiger partial charge in [0.15, 0.2) is 17.3 Å². The lowest BCUT2D eigenvalue weighted by Crippen LogP contribution is -2.29. The molecule has 0 amide bonds. The van der Waals surface area contributed by atoms with Gasteiger partial charge in [0.1, 0.15) is 0 Å². The molecule has 130 valence electrons. The number of phenolic OH excluding ortho intramolecular Hbond substituents is 1. The molecule has 0 aliphatic carbocycles. The van der Waals surface area contributed by atoms with E-state index in [1.54, 1.807) is 31.4 Å². The Bertz CT molecular complexity index is 814. The van der Waals surface area contributed by atoms with E-state index in [1.807, 2.05) is 24.4 Å². The summed E-state index contributed by atoms with van der Waals surface area (Å²) in [4.78, 5) is 14.4. The molecule has 1 aliphatic heterocycles. The third kappa shape index (κ3) is 3.71. The molecule has 2 aromatic carbocycles. The van der Waals surface area contributed by atoms with Crippen molar-refractivity contribution in [3.05, 3.63) is 69.8 Å². The van der Waals surface area contributed by atoms with Gasteiger partial charge in [-0.05, 0) is 60.9 Å². The van der Waals surface area contributed by atoms with Gasteiger partial charge in [-0.2, -0.15) is 0 Å². The van der Waals surface area contributed by atoms with Gasteiger partial charge in [-0.25, -0.2) is 0 Å². The first-order valence-electron chi connectivity index (χ1n) is 8.13. The van der Waals surface area contributed by atoms with E-state index in [0.717, 1.165) is 28.6 Å². The minimum atomic E-state index is -0.0196. The maximum atomic E-state index is 12.3. The number of hydrogen-bond donors (Lipinski definition) is 1. The first-order valence-corrected chi connectivity index (χ1v) is 8.92. The molecule has 1 heterocycles. The summed E-state index contributed by atoms with van der Waals surface area (Å²) in [5.41, 5.74) is 2.90. The van der Waals surface area contributed by atoms with E-state index in [1.165, 1.54) is 0 Å². The third-order valence-electron chi connectivity index (χ3n) is 4.57. The van der Waals surface area contributed by atoms with Crippen LogP contribution in [-0.2, 0) is 6.42 Å².